The van der Waals surface area contributed by atoms with Gasteiger partial charge in [0.2, 0.25) is 5.88 Å². The number of nitrogens with zero attached hydrogens (tertiary/aromatic N) is 4. The fourth-order valence-corrected chi connectivity index (χ4v) is 4.00. The molecule has 0 spiro atoms. The maximum atomic E-state index is 5.94. The average Bonchev–Trinajstić information content (AvgIpc) is 3.54. The molecule has 1 aliphatic carbocycles. The summed E-state index contributed by atoms with van der Waals surface area (Å²) in [5.74, 6) is 2.32. The summed E-state index contributed by atoms with van der Waals surface area (Å²) in [7, 11) is 0. The number of imidazole rings is 1. The molecule has 0 N–H and O–H groups in total. The third-order valence-corrected chi connectivity index (χ3v) is 5.99. The highest BCUT2D eigenvalue weighted by Crippen LogP contribution is 2.30. The van der Waals surface area contributed by atoms with Gasteiger partial charge in [-0.2, -0.15) is 0 Å². The Hall–Kier alpha value is -2.60. The highest BCUT2D eigenvalue weighted by molar-refractivity contribution is 5.63. The Morgan fingerprint density at radius 1 is 0.933 bits per heavy atom. The number of aromatic nitrogens is 3. The van der Waals surface area contributed by atoms with E-state index in [0.29, 0.717) is 12.5 Å². The molecule has 0 bridgehead atoms. The molecule has 1 saturated carbocycles. The van der Waals surface area contributed by atoms with Crippen LogP contribution in [-0.4, -0.2) is 52.3 Å². The number of hydrogen-bond donors (Lipinski definition) is 0. The second-order valence-corrected chi connectivity index (χ2v) is 8.47. The van der Waals surface area contributed by atoms with Crippen LogP contribution < -0.4 is 9.47 Å². The summed E-state index contributed by atoms with van der Waals surface area (Å²) in [5.41, 5.74) is 2.84. The van der Waals surface area contributed by atoms with E-state index >= 15 is 0 Å². The molecular weight excluding hydrogens is 376 g/mol. The maximum absolute atomic E-state index is 5.94. The number of likely N-dealkylation sites (tertiary alicyclic amines) is 1. The van der Waals surface area contributed by atoms with Gasteiger partial charge in [0.05, 0.1) is 25.1 Å². The van der Waals surface area contributed by atoms with Gasteiger partial charge in [0.25, 0.3) is 0 Å². The van der Waals surface area contributed by atoms with Gasteiger partial charge < -0.3 is 14.4 Å². The molecule has 1 aromatic carbocycles. The van der Waals surface area contributed by atoms with Gasteiger partial charge >= 0.3 is 0 Å². The zero-order chi connectivity index (χ0) is 20.2. The summed E-state index contributed by atoms with van der Waals surface area (Å²) in [4.78, 5) is 7.03. The van der Waals surface area contributed by atoms with Crippen LogP contribution in [0.1, 0.15) is 38.5 Å². The summed E-state index contributed by atoms with van der Waals surface area (Å²) in [6.07, 6.45) is 9.52. The van der Waals surface area contributed by atoms with Crippen LogP contribution in [0.25, 0.3) is 16.9 Å². The highest BCUT2D eigenvalue weighted by atomic mass is 16.5. The first-order valence-corrected chi connectivity index (χ1v) is 11.3. The Balaban J connectivity index is 1.21. The first-order valence-electron chi connectivity index (χ1n) is 11.3. The smallest absolute Gasteiger partial charge is 0.231 e. The van der Waals surface area contributed by atoms with Crippen LogP contribution in [0.3, 0.4) is 0 Å². The lowest BCUT2D eigenvalue weighted by atomic mass is 10.1. The van der Waals surface area contributed by atoms with Crippen molar-refractivity contribution in [3.05, 3.63) is 42.6 Å². The minimum atomic E-state index is 0.643. The van der Waals surface area contributed by atoms with Crippen LogP contribution in [-0.2, 0) is 0 Å². The van der Waals surface area contributed by atoms with Gasteiger partial charge in [-0.3, -0.25) is 0 Å². The van der Waals surface area contributed by atoms with Crippen molar-refractivity contribution in [1.82, 2.24) is 19.5 Å². The van der Waals surface area contributed by atoms with E-state index in [2.05, 4.69) is 27.1 Å². The van der Waals surface area contributed by atoms with Crippen LogP contribution in [0.5, 0.6) is 11.6 Å². The fourth-order valence-electron chi connectivity index (χ4n) is 4.00. The van der Waals surface area contributed by atoms with Crippen molar-refractivity contribution >= 4 is 5.65 Å². The molecule has 3 aromatic rings. The Labute approximate surface area is 177 Å². The van der Waals surface area contributed by atoms with Crippen molar-refractivity contribution in [2.45, 2.75) is 38.5 Å². The van der Waals surface area contributed by atoms with Gasteiger partial charge in [-0.1, -0.05) is 6.42 Å². The van der Waals surface area contributed by atoms with Crippen LogP contribution >= 0.6 is 0 Å². The minimum absolute atomic E-state index is 0.643. The van der Waals surface area contributed by atoms with Crippen LogP contribution in [0.4, 0.5) is 0 Å². The SMILES string of the molecule is c1cc(-c2cnc3ccc(OCCCN4CCCCC4)nn23)ccc1OCC1CC1. The molecule has 3 heterocycles. The fraction of sp³-hybridized carbons (Fsp3) is 0.500. The average molecular weight is 407 g/mol. The van der Waals surface area contributed by atoms with Crippen molar-refractivity contribution in [2.24, 2.45) is 5.92 Å². The molecule has 30 heavy (non-hydrogen) atoms. The second-order valence-electron chi connectivity index (χ2n) is 8.47. The Morgan fingerprint density at radius 2 is 1.77 bits per heavy atom. The van der Waals surface area contributed by atoms with E-state index in [-0.39, 0.29) is 0 Å². The van der Waals surface area contributed by atoms with Crippen LogP contribution in [0.2, 0.25) is 0 Å². The Bertz CT molecular complexity index is 959. The molecule has 0 radical (unpaired) electrons. The molecule has 1 aliphatic heterocycles. The molecule has 0 amide bonds. The Morgan fingerprint density at radius 3 is 2.57 bits per heavy atom. The summed E-state index contributed by atoms with van der Waals surface area (Å²) in [6.45, 7) is 5.08. The standard InChI is InChI=1S/C24H30N4O2/c1-2-13-27(14-3-1)15-4-16-29-24-12-11-23-25-17-22(28(23)26-24)20-7-9-21(10-8-20)30-18-19-5-6-19/h7-12,17,19H,1-6,13-16,18H2. The molecule has 6 heteroatoms. The molecular formula is C24H30N4O2. The number of fused-ring (bicyclic) bond motifs is 1. The van der Waals surface area contributed by atoms with E-state index in [4.69, 9.17) is 9.47 Å². The zero-order valence-corrected chi connectivity index (χ0v) is 17.5. The van der Waals surface area contributed by atoms with Crippen molar-refractivity contribution < 1.29 is 9.47 Å². The molecule has 2 fully saturated rings. The number of ether oxygens (including phenoxy) is 2. The van der Waals surface area contributed by atoms with Gasteiger partial charge in [0, 0.05) is 18.2 Å². The first-order chi connectivity index (χ1) is 14.8. The minimum Gasteiger partial charge on any atom is -0.493 e. The third kappa shape index (κ3) is 4.75. The number of rotatable bonds is 9. The number of piperidine rings is 1. The normalized spacial score (nSPS) is 17.3. The van der Waals surface area contributed by atoms with Crippen molar-refractivity contribution in [3.8, 4) is 22.9 Å². The van der Waals surface area contributed by atoms with Crippen molar-refractivity contribution in [2.75, 3.05) is 32.8 Å². The van der Waals surface area contributed by atoms with Crippen LogP contribution in [0.15, 0.2) is 42.6 Å². The van der Waals surface area contributed by atoms with Crippen molar-refractivity contribution in [1.29, 1.82) is 0 Å². The lowest BCUT2D eigenvalue weighted by Crippen LogP contribution is -2.31. The third-order valence-electron chi connectivity index (χ3n) is 5.99. The molecule has 0 atom stereocenters. The van der Waals surface area contributed by atoms with Gasteiger partial charge in [-0.05, 0) is 81.4 Å². The van der Waals surface area contributed by atoms with Crippen molar-refractivity contribution in [3.63, 3.8) is 0 Å². The van der Waals surface area contributed by atoms with E-state index < -0.39 is 0 Å². The molecule has 158 valence electrons. The number of hydrogen-bond acceptors (Lipinski definition) is 5. The van der Waals surface area contributed by atoms with Gasteiger partial charge in [-0.25, -0.2) is 9.50 Å². The van der Waals surface area contributed by atoms with E-state index in [1.807, 2.05) is 35.0 Å². The second kappa shape index (κ2) is 9.04. The molecule has 6 nitrogen and oxygen atoms in total. The monoisotopic (exact) mass is 406 g/mol. The van der Waals surface area contributed by atoms with Crippen LogP contribution in [0, 0.1) is 5.92 Å². The van der Waals surface area contributed by atoms with Gasteiger partial charge in [-0.15, -0.1) is 5.10 Å². The summed E-state index contributed by atoms with van der Waals surface area (Å²) in [5, 5.41) is 4.67. The van der Waals surface area contributed by atoms with E-state index in [9.17, 15) is 0 Å². The van der Waals surface area contributed by atoms with E-state index in [0.717, 1.165) is 48.1 Å². The molecule has 1 saturated heterocycles. The molecule has 2 aromatic heterocycles. The first kappa shape index (κ1) is 19.4. The zero-order valence-electron chi connectivity index (χ0n) is 17.5. The van der Waals surface area contributed by atoms with E-state index in [1.54, 1.807) is 0 Å². The number of benzene rings is 1. The van der Waals surface area contributed by atoms with Gasteiger partial charge in [0.15, 0.2) is 5.65 Å². The quantitative estimate of drug-likeness (QED) is 0.492. The predicted molar refractivity (Wildman–Crippen MR) is 117 cm³/mol. The topological polar surface area (TPSA) is 51.9 Å². The maximum Gasteiger partial charge on any atom is 0.231 e. The molecule has 0 unspecified atom stereocenters. The summed E-state index contributed by atoms with van der Waals surface area (Å²) >= 11 is 0. The largest absolute Gasteiger partial charge is 0.493 e. The summed E-state index contributed by atoms with van der Waals surface area (Å²) < 4.78 is 13.6. The van der Waals surface area contributed by atoms with Gasteiger partial charge in [0.1, 0.15) is 5.75 Å². The predicted octanol–water partition coefficient (Wildman–Crippen LogP) is 4.44. The lowest BCUT2D eigenvalue weighted by molar-refractivity contribution is 0.202. The van der Waals surface area contributed by atoms with E-state index in [1.165, 1.54) is 45.2 Å². The molecule has 5 rings (SSSR count). The lowest BCUT2D eigenvalue weighted by Gasteiger charge is -2.26. The summed E-state index contributed by atoms with van der Waals surface area (Å²) in [6, 6.07) is 12.1. The molecule has 2 aliphatic rings. The Kier molecular flexibility index (Phi) is 5.84. The highest BCUT2D eigenvalue weighted by Gasteiger charge is 2.21.